The van der Waals surface area contributed by atoms with Crippen molar-refractivity contribution in [1.29, 1.82) is 0 Å². The van der Waals surface area contributed by atoms with Crippen LogP contribution in [0.1, 0.15) is 25.7 Å². The smallest absolute Gasteiger partial charge is 0.191 e. The van der Waals surface area contributed by atoms with Crippen molar-refractivity contribution < 1.29 is 4.74 Å². The van der Waals surface area contributed by atoms with Crippen molar-refractivity contribution in [2.45, 2.75) is 25.7 Å². The highest BCUT2D eigenvalue weighted by atomic mass is 127. The molecule has 0 atom stereocenters. The minimum atomic E-state index is 0. The van der Waals surface area contributed by atoms with Crippen LogP contribution < -0.4 is 5.73 Å². The van der Waals surface area contributed by atoms with Crippen LogP contribution in [0.4, 0.5) is 0 Å². The SMILES string of the molecule is I.NC(=NCCCC1CC1)N1CCOCC1. The average Bonchev–Trinajstić information content (AvgIpc) is 3.09. The molecule has 1 aliphatic carbocycles. The molecule has 0 radical (unpaired) electrons. The lowest BCUT2D eigenvalue weighted by Crippen LogP contribution is -2.44. The van der Waals surface area contributed by atoms with Crippen molar-refractivity contribution in [3.8, 4) is 0 Å². The van der Waals surface area contributed by atoms with Gasteiger partial charge in [0.15, 0.2) is 5.96 Å². The van der Waals surface area contributed by atoms with Crippen LogP contribution in [0.15, 0.2) is 4.99 Å². The Balaban J connectivity index is 0.00000128. The highest BCUT2D eigenvalue weighted by Gasteiger charge is 2.20. The summed E-state index contributed by atoms with van der Waals surface area (Å²) in [6.07, 6.45) is 5.39. The number of halogens is 1. The van der Waals surface area contributed by atoms with E-state index in [9.17, 15) is 0 Å². The standard InChI is InChI=1S/C11H21N3O.HI/c12-11(14-6-8-15-9-7-14)13-5-1-2-10-3-4-10;/h10H,1-9H2,(H2,12,13);1H. The summed E-state index contributed by atoms with van der Waals surface area (Å²) in [5.41, 5.74) is 5.90. The van der Waals surface area contributed by atoms with Crippen LogP contribution in [0.2, 0.25) is 0 Å². The molecule has 4 nitrogen and oxygen atoms in total. The van der Waals surface area contributed by atoms with Crippen LogP contribution in [0, 0.1) is 5.92 Å². The fourth-order valence-electron chi connectivity index (χ4n) is 1.87. The van der Waals surface area contributed by atoms with Gasteiger partial charge in [0.1, 0.15) is 0 Å². The molecule has 2 fully saturated rings. The highest BCUT2D eigenvalue weighted by molar-refractivity contribution is 14.0. The van der Waals surface area contributed by atoms with E-state index in [4.69, 9.17) is 10.5 Å². The summed E-state index contributed by atoms with van der Waals surface area (Å²) in [4.78, 5) is 6.52. The molecule has 1 saturated heterocycles. The molecule has 5 heteroatoms. The Morgan fingerprint density at radius 3 is 2.62 bits per heavy atom. The molecule has 0 amide bonds. The van der Waals surface area contributed by atoms with E-state index in [0.29, 0.717) is 5.96 Å². The normalized spacial score (nSPS) is 21.8. The van der Waals surface area contributed by atoms with Crippen LogP contribution in [0.25, 0.3) is 0 Å². The van der Waals surface area contributed by atoms with E-state index >= 15 is 0 Å². The number of nitrogens with zero attached hydrogens (tertiary/aromatic N) is 2. The first-order chi connectivity index (χ1) is 7.36. The van der Waals surface area contributed by atoms with Crippen molar-refractivity contribution >= 4 is 29.9 Å². The summed E-state index contributed by atoms with van der Waals surface area (Å²) in [5, 5.41) is 0. The van der Waals surface area contributed by atoms with Gasteiger partial charge < -0.3 is 15.4 Å². The fourth-order valence-corrected chi connectivity index (χ4v) is 1.87. The third-order valence-electron chi connectivity index (χ3n) is 3.08. The molecule has 1 saturated carbocycles. The lowest BCUT2D eigenvalue weighted by Gasteiger charge is -2.27. The maximum Gasteiger partial charge on any atom is 0.191 e. The molecule has 0 aromatic rings. The lowest BCUT2D eigenvalue weighted by atomic mass is 10.2. The molecule has 0 bridgehead atoms. The Kier molecular flexibility index (Phi) is 6.41. The minimum Gasteiger partial charge on any atom is -0.378 e. The maximum atomic E-state index is 5.90. The summed E-state index contributed by atoms with van der Waals surface area (Å²) < 4.78 is 5.26. The molecular formula is C11H22IN3O. The summed E-state index contributed by atoms with van der Waals surface area (Å²) in [7, 11) is 0. The van der Waals surface area contributed by atoms with Gasteiger partial charge in [-0.1, -0.05) is 12.8 Å². The number of morpholine rings is 1. The first-order valence-electron chi connectivity index (χ1n) is 5.99. The second-order valence-electron chi connectivity index (χ2n) is 4.42. The van der Waals surface area contributed by atoms with Crippen molar-refractivity contribution in [2.75, 3.05) is 32.8 Å². The number of guanidine groups is 1. The van der Waals surface area contributed by atoms with Crippen LogP contribution in [-0.4, -0.2) is 43.7 Å². The van der Waals surface area contributed by atoms with Gasteiger partial charge in [-0.25, -0.2) is 0 Å². The topological polar surface area (TPSA) is 50.8 Å². The largest absolute Gasteiger partial charge is 0.378 e. The summed E-state index contributed by atoms with van der Waals surface area (Å²) in [5.74, 6) is 1.71. The molecule has 94 valence electrons. The van der Waals surface area contributed by atoms with Crippen LogP contribution in [-0.2, 0) is 4.74 Å². The molecule has 0 unspecified atom stereocenters. The van der Waals surface area contributed by atoms with E-state index in [-0.39, 0.29) is 24.0 Å². The van der Waals surface area contributed by atoms with Gasteiger partial charge in [0.2, 0.25) is 0 Å². The number of hydrogen-bond donors (Lipinski definition) is 1. The minimum absolute atomic E-state index is 0. The zero-order chi connectivity index (χ0) is 10.5. The van der Waals surface area contributed by atoms with Crippen molar-refractivity contribution in [3.63, 3.8) is 0 Å². The van der Waals surface area contributed by atoms with E-state index < -0.39 is 0 Å². The monoisotopic (exact) mass is 339 g/mol. The van der Waals surface area contributed by atoms with Crippen LogP contribution in [0.3, 0.4) is 0 Å². The Morgan fingerprint density at radius 2 is 2.00 bits per heavy atom. The highest BCUT2D eigenvalue weighted by Crippen LogP contribution is 2.33. The maximum absolute atomic E-state index is 5.90. The molecule has 0 aromatic heterocycles. The molecule has 1 heterocycles. The average molecular weight is 339 g/mol. The van der Waals surface area contributed by atoms with Gasteiger partial charge in [0.25, 0.3) is 0 Å². The van der Waals surface area contributed by atoms with Gasteiger partial charge in [-0.15, -0.1) is 24.0 Å². The second kappa shape index (κ2) is 7.32. The van der Waals surface area contributed by atoms with Crippen molar-refractivity contribution in [2.24, 2.45) is 16.6 Å². The molecule has 1 aliphatic heterocycles. The van der Waals surface area contributed by atoms with Crippen LogP contribution >= 0.6 is 24.0 Å². The molecule has 16 heavy (non-hydrogen) atoms. The summed E-state index contributed by atoms with van der Waals surface area (Å²) in [6, 6.07) is 0. The van der Waals surface area contributed by atoms with Gasteiger partial charge in [0, 0.05) is 19.6 Å². The quantitative estimate of drug-likeness (QED) is 0.365. The Labute approximate surface area is 115 Å². The number of aliphatic imine (C=N–C) groups is 1. The third kappa shape index (κ3) is 4.86. The summed E-state index contributed by atoms with van der Waals surface area (Å²) >= 11 is 0. The summed E-state index contributed by atoms with van der Waals surface area (Å²) in [6.45, 7) is 4.21. The van der Waals surface area contributed by atoms with Gasteiger partial charge in [0.05, 0.1) is 13.2 Å². The van der Waals surface area contributed by atoms with Gasteiger partial charge in [-0.2, -0.15) is 0 Å². The van der Waals surface area contributed by atoms with E-state index in [2.05, 4.69) is 9.89 Å². The number of rotatable bonds is 4. The zero-order valence-corrected chi connectivity index (χ0v) is 12.1. The zero-order valence-electron chi connectivity index (χ0n) is 9.73. The lowest BCUT2D eigenvalue weighted by molar-refractivity contribution is 0.0674. The number of nitrogens with two attached hydrogens (primary N) is 1. The van der Waals surface area contributed by atoms with Gasteiger partial charge >= 0.3 is 0 Å². The number of ether oxygens (including phenoxy) is 1. The fraction of sp³-hybridized carbons (Fsp3) is 0.909. The molecule has 0 aromatic carbocycles. The molecule has 2 aliphatic rings. The van der Waals surface area contributed by atoms with Gasteiger partial charge in [-0.3, -0.25) is 4.99 Å². The third-order valence-corrected chi connectivity index (χ3v) is 3.08. The first kappa shape index (κ1) is 14.0. The first-order valence-corrected chi connectivity index (χ1v) is 5.99. The Hall–Kier alpha value is -0.0400. The number of hydrogen-bond acceptors (Lipinski definition) is 2. The molecule has 2 N–H and O–H groups in total. The Bertz CT molecular complexity index is 225. The second-order valence-corrected chi connectivity index (χ2v) is 4.42. The van der Waals surface area contributed by atoms with E-state index in [1.807, 2.05) is 0 Å². The molecular weight excluding hydrogens is 317 g/mol. The van der Waals surface area contributed by atoms with Crippen molar-refractivity contribution in [1.82, 2.24) is 4.90 Å². The molecule has 0 spiro atoms. The molecule has 2 rings (SSSR count). The Morgan fingerprint density at radius 1 is 1.31 bits per heavy atom. The predicted octanol–water partition coefficient (Wildman–Crippen LogP) is 1.44. The predicted molar refractivity (Wildman–Crippen MR) is 76.3 cm³/mol. The van der Waals surface area contributed by atoms with E-state index in [0.717, 1.165) is 38.8 Å². The van der Waals surface area contributed by atoms with Crippen molar-refractivity contribution in [3.05, 3.63) is 0 Å². The van der Waals surface area contributed by atoms with E-state index in [1.54, 1.807) is 0 Å². The van der Waals surface area contributed by atoms with Crippen LogP contribution in [0.5, 0.6) is 0 Å². The van der Waals surface area contributed by atoms with E-state index in [1.165, 1.54) is 25.7 Å². The van der Waals surface area contributed by atoms with Gasteiger partial charge in [-0.05, 0) is 18.8 Å².